The topological polar surface area (TPSA) is 62.3 Å². The van der Waals surface area contributed by atoms with Crippen molar-refractivity contribution in [3.8, 4) is 0 Å². The van der Waals surface area contributed by atoms with Gasteiger partial charge in [-0.05, 0) is 31.4 Å². The van der Waals surface area contributed by atoms with Crippen LogP contribution in [-0.2, 0) is 9.59 Å². The van der Waals surface area contributed by atoms with Gasteiger partial charge in [0.05, 0.1) is 16.1 Å². The first-order valence-electron chi connectivity index (χ1n) is 8.58. The number of rotatable bonds is 3. The van der Waals surface area contributed by atoms with Crippen LogP contribution < -0.4 is 5.32 Å². The van der Waals surface area contributed by atoms with Crippen LogP contribution in [0.1, 0.15) is 37.7 Å². The number of thiazole rings is 1. The summed E-state index contributed by atoms with van der Waals surface area (Å²) in [4.78, 5) is 31.3. The Hall–Kier alpha value is -1.95. The number of carbonyl (C=O) groups excluding carboxylic acids is 2. The molecule has 1 N–H and O–H groups in total. The highest BCUT2D eigenvalue weighted by Gasteiger charge is 2.38. The number of aromatic nitrogens is 1. The third-order valence-corrected chi connectivity index (χ3v) is 6.08. The summed E-state index contributed by atoms with van der Waals surface area (Å²) in [5, 5.41) is 3.54. The molecule has 1 unspecified atom stereocenters. The van der Waals surface area contributed by atoms with E-state index >= 15 is 0 Å². The van der Waals surface area contributed by atoms with Gasteiger partial charge in [0.15, 0.2) is 5.13 Å². The molecular formula is C18H21N3O2S. The van der Waals surface area contributed by atoms with Crippen molar-refractivity contribution >= 4 is 38.5 Å². The molecule has 0 spiro atoms. The number of fused-ring (bicyclic) bond motifs is 1. The third kappa shape index (κ3) is 2.79. The highest BCUT2D eigenvalue weighted by molar-refractivity contribution is 7.22. The lowest BCUT2D eigenvalue weighted by molar-refractivity contribution is -0.129. The van der Waals surface area contributed by atoms with Crippen LogP contribution in [0, 0.1) is 12.8 Å². The molecule has 1 aromatic heterocycles. The fourth-order valence-corrected chi connectivity index (χ4v) is 4.77. The third-order valence-electron chi connectivity index (χ3n) is 5.15. The van der Waals surface area contributed by atoms with Crippen molar-refractivity contribution < 1.29 is 9.59 Å². The fraction of sp³-hybridized carbons (Fsp3) is 0.500. The maximum atomic E-state index is 12.6. The van der Waals surface area contributed by atoms with Gasteiger partial charge in [0.1, 0.15) is 0 Å². The van der Waals surface area contributed by atoms with E-state index in [4.69, 9.17) is 0 Å². The molecule has 24 heavy (non-hydrogen) atoms. The number of nitrogens with one attached hydrogen (secondary N) is 1. The van der Waals surface area contributed by atoms with E-state index in [2.05, 4.69) is 10.3 Å². The van der Waals surface area contributed by atoms with Crippen molar-refractivity contribution in [3.05, 3.63) is 23.8 Å². The van der Waals surface area contributed by atoms with E-state index in [-0.39, 0.29) is 17.7 Å². The van der Waals surface area contributed by atoms with E-state index < -0.39 is 0 Å². The Morgan fingerprint density at radius 3 is 2.88 bits per heavy atom. The van der Waals surface area contributed by atoms with Gasteiger partial charge in [-0.2, -0.15) is 0 Å². The van der Waals surface area contributed by atoms with Crippen LogP contribution in [0.3, 0.4) is 0 Å². The lowest BCUT2D eigenvalue weighted by Gasteiger charge is -2.23. The number of nitrogens with zero attached hydrogens (tertiary/aromatic N) is 2. The molecule has 1 atom stereocenters. The first-order valence-corrected chi connectivity index (χ1v) is 9.40. The number of hydrogen-bond donors (Lipinski definition) is 1. The zero-order valence-corrected chi connectivity index (χ0v) is 14.6. The first-order chi connectivity index (χ1) is 11.6. The average molecular weight is 343 g/mol. The van der Waals surface area contributed by atoms with Gasteiger partial charge < -0.3 is 10.2 Å². The van der Waals surface area contributed by atoms with Gasteiger partial charge in [-0.3, -0.25) is 9.59 Å². The van der Waals surface area contributed by atoms with Gasteiger partial charge in [-0.1, -0.05) is 36.3 Å². The van der Waals surface area contributed by atoms with Crippen molar-refractivity contribution in [3.63, 3.8) is 0 Å². The van der Waals surface area contributed by atoms with Crippen LogP contribution in [0.5, 0.6) is 0 Å². The minimum Gasteiger partial charge on any atom is -0.339 e. The average Bonchev–Trinajstić information content (AvgIpc) is 3.26. The standard InChI is InChI=1S/C18H21N3O2S/c1-11-5-4-8-14-16(11)19-18(24-14)20-17(23)12-9-15(22)21(10-12)13-6-2-3-7-13/h4-5,8,12-13H,2-3,6-7,9-10H2,1H3,(H,19,20,23). The van der Waals surface area contributed by atoms with Crippen LogP contribution in [-0.4, -0.2) is 34.3 Å². The molecular weight excluding hydrogens is 322 g/mol. The fourth-order valence-electron chi connectivity index (χ4n) is 3.82. The van der Waals surface area contributed by atoms with E-state index in [0.29, 0.717) is 24.1 Å². The summed E-state index contributed by atoms with van der Waals surface area (Å²) >= 11 is 1.48. The van der Waals surface area contributed by atoms with Crippen molar-refractivity contribution in [1.82, 2.24) is 9.88 Å². The van der Waals surface area contributed by atoms with Crippen LogP contribution in [0.2, 0.25) is 0 Å². The van der Waals surface area contributed by atoms with E-state index in [1.165, 1.54) is 24.2 Å². The smallest absolute Gasteiger partial charge is 0.231 e. The molecule has 1 saturated heterocycles. The Bertz CT molecular complexity index is 795. The molecule has 1 aliphatic carbocycles. The summed E-state index contributed by atoms with van der Waals surface area (Å²) in [6.45, 7) is 2.57. The van der Waals surface area contributed by atoms with Crippen LogP contribution in [0.4, 0.5) is 5.13 Å². The molecule has 2 aliphatic rings. The van der Waals surface area contributed by atoms with E-state index in [0.717, 1.165) is 28.6 Å². The minimum atomic E-state index is -0.258. The highest BCUT2D eigenvalue weighted by Crippen LogP contribution is 2.31. The quantitative estimate of drug-likeness (QED) is 0.930. The predicted molar refractivity (Wildman–Crippen MR) is 95.1 cm³/mol. The largest absolute Gasteiger partial charge is 0.339 e. The second-order valence-corrected chi connectivity index (χ2v) is 7.85. The second kappa shape index (κ2) is 6.16. The summed E-state index contributed by atoms with van der Waals surface area (Å²) in [6.07, 6.45) is 4.87. The Kier molecular flexibility index (Phi) is 4.00. The Balaban J connectivity index is 1.45. The van der Waals surface area contributed by atoms with Gasteiger partial charge in [0.2, 0.25) is 11.8 Å². The van der Waals surface area contributed by atoms with E-state index in [1.54, 1.807) is 0 Å². The van der Waals surface area contributed by atoms with Crippen molar-refractivity contribution in [2.45, 2.75) is 45.1 Å². The number of anilines is 1. The van der Waals surface area contributed by atoms with Crippen molar-refractivity contribution in [2.24, 2.45) is 5.92 Å². The molecule has 1 saturated carbocycles. The zero-order valence-electron chi connectivity index (χ0n) is 13.7. The maximum Gasteiger partial charge on any atom is 0.231 e. The molecule has 0 radical (unpaired) electrons. The number of hydrogen-bond acceptors (Lipinski definition) is 4. The number of aryl methyl sites for hydroxylation is 1. The summed E-state index contributed by atoms with van der Waals surface area (Å²) in [6, 6.07) is 6.37. The maximum absolute atomic E-state index is 12.6. The van der Waals surface area contributed by atoms with Crippen LogP contribution >= 0.6 is 11.3 Å². The minimum absolute atomic E-state index is 0.0828. The summed E-state index contributed by atoms with van der Waals surface area (Å²) in [5.41, 5.74) is 2.04. The molecule has 2 heterocycles. The molecule has 0 bridgehead atoms. The lowest BCUT2D eigenvalue weighted by atomic mass is 10.1. The zero-order chi connectivity index (χ0) is 16.7. The molecule has 126 valence electrons. The summed E-state index contributed by atoms with van der Waals surface area (Å²) in [7, 11) is 0. The second-order valence-electron chi connectivity index (χ2n) is 6.82. The molecule has 2 fully saturated rings. The van der Waals surface area contributed by atoms with Gasteiger partial charge in [-0.25, -0.2) is 4.98 Å². The van der Waals surface area contributed by atoms with E-state index in [9.17, 15) is 9.59 Å². The molecule has 1 aromatic carbocycles. The molecule has 4 rings (SSSR count). The van der Waals surface area contributed by atoms with Gasteiger partial charge in [0.25, 0.3) is 0 Å². The number of carbonyl (C=O) groups is 2. The van der Waals surface area contributed by atoms with Gasteiger partial charge >= 0.3 is 0 Å². The summed E-state index contributed by atoms with van der Waals surface area (Å²) in [5.74, 6) is -0.214. The molecule has 2 amide bonds. The monoisotopic (exact) mass is 343 g/mol. The summed E-state index contributed by atoms with van der Waals surface area (Å²) < 4.78 is 1.07. The molecule has 5 nitrogen and oxygen atoms in total. The Morgan fingerprint density at radius 1 is 1.33 bits per heavy atom. The Morgan fingerprint density at radius 2 is 2.12 bits per heavy atom. The normalized spacial score (nSPS) is 21.8. The van der Waals surface area contributed by atoms with Crippen molar-refractivity contribution in [2.75, 3.05) is 11.9 Å². The van der Waals surface area contributed by atoms with E-state index in [1.807, 2.05) is 30.0 Å². The number of amides is 2. The van der Waals surface area contributed by atoms with Crippen LogP contribution in [0.25, 0.3) is 10.2 Å². The predicted octanol–water partition coefficient (Wildman–Crippen LogP) is 3.33. The van der Waals surface area contributed by atoms with Crippen LogP contribution in [0.15, 0.2) is 18.2 Å². The molecule has 6 heteroatoms. The van der Waals surface area contributed by atoms with Gasteiger partial charge in [0, 0.05) is 19.0 Å². The lowest BCUT2D eigenvalue weighted by Crippen LogP contribution is -2.35. The Labute approximate surface area is 145 Å². The SMILES string of the molecule is Cc1cccc2sc(NC(=O)C3CC(=O)N(C4CCCC4)C3)nc12. The van der Waals surface area contributed by atoms with Crippen molar-refractivity contribution in [1.29, 1.82) is 0 Å². The highest BCUT2D eigenvalue weighted by atomic mass is 32.1. The van der Waals surface area contributed by atoms with Gasteiger partial charge in [-0.15, -0.1) is 0 Å². The molecule has 1 aliphatic heterocycles. The number of likely N-dealkylation sites (tertiary alicyclic amines) is 1. The first kappa shape index (κ1) is 15.6. The number of benzene rings is 1. The molecule has 2 aromatic rings. The number of para-hydroxylation sites is 1.